The third-order valence-electron chi connectivity index (χ3n) is 4.98. The zero-order chi connectivity index (χ0) is 20.5. The minimum Gasteiger partial charge on any atom is -0.497 e. The molecular weight excluding hydrogens is 376 g/mol. The molecule has 0 amide bonds. The van der Waals surface area contributed by atoms with Gasteiger partial charge in [-0.15, -0.1) is 0 Å². The predicted octanol–water partition coefficient (Wildman–Crippen LogP) is 3.63. The zero-order valence-corrected chi connectivity index (χ0v) is 17.7. The fourth-order valence-electron chi connectivity index (χ4n) is 3.47. The van der Waals surface area contributed by atoms with E-state index in [9.17, 15) is 8.42 Å². The van der Waals surface area contributed by atoms with Crippen LogP contribution in [0.3, 0.4) is 0 Å². The highest BCUT2D eigenvalue weighted by atomic mass is 32.2. The number of hydrogen-bond donors (Lipinski definition) is 2. The van der Waals surface area contributed by atoms with Gasteiger partial charge in [0.05, 0.1) is 19.1 Å². The Bertz CT molecular complexity index is 1120. The molecule has 1 heterocycles. The first-order valence-electron chi connectivity index (χ1n) is 9.07. The minimum absolute atomic E-state index is 0.281. The second-order valence-corrected chi connectivity index (χ2v) is 8.61. The molecule has 0 fully saturated rings. The van der Waals surface area contributed by atoms with Crippen molar-refractivity contribution >= 4 is 20.9 Å². The fourth-order valence-corrected chi connectivity index (χ4v) is 4.81. The van der Waals surface area contributed by atoms with Crippen molar-refractivity contribution in [1.29, 1.82) is 0 Å². The maximum atomic E-state index is 12.8. The van der Waals surface area contributed by atoms with Gasteiger partial charge >= 0.3 is 0 Å². The maximum Gasteiger partial charge on any atom is 0.240 e. The summed E-state index contributed by atoms with van der Waals surface area (Å²) < 4.78 is 38.9. The molecule has 0 saturated carbocycles. The number of ether oxygens (including phenoxy) is 2. The van der Waals surface area contributed by atoms with E-state index in [1.807, 2.05) is 32.0 Å². The number of aryl methyl sites for hydroxylation is 3. The summed E-state index contributed by atoms with van der Waals surface area (Å²) in [5.41, 5.74) is 4.56. The monoisotopic (exact) mass is 402 g/mol. The van der Waals surface area contributed by atoms with E-state index in [0.29, 0.717) is 24.3 Å². The summed E-state index contributed by atoms with van der Waals surface area (Å²) in [4.78, 5) is 3.62. The topological polar surface area (TPSA) is 80.4 Å². The van der Waals surface area contributed by atoms with Gasteiger partial charge in [-0.3, -0.25) is 0 Å². The Labute approximate surface area is 165 Å². The van der Waals surface area contributed by atoms with E-state index in [1.54, 1.807) is 33.3 Å². The van der Waals surface area contributed by atoms with Crippen LogP contribution in [0.25, 0.3) is 10.9 Å². The summed E-state index contributed by atoms with van der Waals surface area (Å²) in [5.74, 6) is 1.46. The smallest absolute Gasteiger partial charge is 0.240 e. The van der Waals surface area contributed by atoms with Crippen molar-refractivity contribution in [3.63, 3.8) is 0 Å². The van der Waals surface area contributed by atoms with Crippen LogP contribution in [0.15, 0.2) is 35.2 Å². The molecule has 0 aliphatic heterocycles. The van der Waals surface area contributed by atoms with E-state index in [4.69, 9.17) is 9.47 Å². The average Bonchev–Trinajstić information content (AvgIpc) is 2.97. The molecule has 2 N–H and O–H groups in total. The van der Waals surface area contributed by atoms with Gasteiger partial charge in [-0.05, 0) is 74.2 Å². The van der Waals surface area contributed by atoms with Gasteiger partial charge in [0, 0.05) is 23.1 Å². The van der Waals surface area contributed by atoms with Crippen LogP contribution in [-0.4, -0.2) is 34.2 Å². The lowest BCUT2D eigenvalue weighted by Crippen LogP contribution is -2.27. The molecule has 0 atom stereocenters. The SMILES string of the molecule is COc1ccc2[nH]c(C)c(CCNS(=O)(=O)c3cc(C)c(OC)cc3C)c2c1. The van der Waals surface area contributed by atoms with Crippen LogP contribution >= 0.6 is 0 Å². The summed E-state index contributed by atoms with van der Waals surface area (Å²) in [5, 5.41) is 1.05. The van der Waals surface area contributed by atoms with Crippen molar-refractivity contribution in [1.82, 2.24) is 9.71 Å². The Hall–Kier alpha value is -2.51. The highest BCUT2D eigenvalue weighted by Gasteiger charge is 2.19. The summed E-state index contributed by atoms with van der Waals surface area (Å²) in [6, 6.07) is 9.25. The molecule has 3 aromatic rings. The standard InChI is InChI=1S/C21H26N2O4S/c1-13-11-21(14(2)10-20(13)27-5)28(24,25)22-9-8-17-15(3)23-19-7-6-16(26-4)12-18(17)19/h6-7,10-12,22-23H,8-9H2,1-5H3. The molecule has 0 unspecified atom stereocenters. The van der Waals surface area contributed by atoms with Crippen molar-refractivity contribution in [2.45, 2.75) is 32.1 Å². The van der Waals surface area contributed by atoms with Gasteiger partial charge in [-0.25, -0.2) is 13.1 Å². The molecule has 150 valence electrons. The molecule has 2 aromatic carbocycles. The van der Waals surface area contributed by atoms with Gasteiger partial charge in [-0.1, -0.05) is 0 Å². The number of rotatable bonds is 7. The van der Waals surface area contributed by atoms with E-state index in [2.05, 4.69) is 9.71 Å². The number of fused-ring (bicyclic) bond motifs is 1. The number of aromatic amines is 1. The predicted molar refractivity (Wildman–Crippen MR) is 111 cm³/mol. The summed E-state index contributed by atoms with van der Waals surface area (Å²) in [7, 11) is -0.402. The van der Waals surface area contributed by atoms with E-state index >= 15 is 0 Å². The number of methoxy groups -OCH3 is 2. The van der Waals surface area contributed by atoms with Gasteiger partial charge in [-0.2, -0.15) is 0 Å². The highest BCUT2D eigenvalue weighted by molar-refractivity contribution is 7.89. The normalized spacial score (nSPS) is 11.8. The van der Waals surface area contributed by atoms with Crippen molar-refractivity contribution in [2.24, 2.45) is 0 Å². The lowest BCUT2D eigenvalue weighted by atomic mass is 10.1. The molecule has 6 nitrogen and oxygen atoms in total. The van der Waals surface area contributed by atoms with Crippen LogP contribution in [0.1, 0.15) is 22.4 Å². The average molecular weight is 403 g/mol. The first-order chi connectivity index (χ1) is 13.3. The van der Waals surface area contributed by atoms with Crippen molar-refractivity contribution < 1.29 is 17.9 Å². The first kappa shape index (κ1) is 20.2. The minimum atomic E-state index is -3.61. The lowest BCUT2D eigenvalue weighted by molar-refractivity contribution is 0.411. The van der Waals surface area contributed by atoms with Crippen LogP contribution in [0, 0.1) is 20.8 Å². The Morgan fingerprint density at radius 1 is 1.00 bits per heavy atom. The van der Waals surface area contributed by atoms with Crippen LogP contribution in [-0.2, 0) is 16.4 Å². The zero-order valence-electron chi connectivity index (χ0n) is 16.8. The van der Waals surface area contributed by atoms with Gasteiger partial charge in [0.25, 0.3) is 0 Å². The Kier molecular flexibility index (Phi) is 5.67. The lowest BCUT2D eigenvalue weighted by Gasteiger charge is -2.13. The second-order valence-electron chi connectivity index (χ2n) is 6.88. The number of aromatic nitrogens is 1. The van der Waals surface area contributed by atoms with Crippen molar-refractivity contribution in [2.75, 3.05) is 20.8 Å². The third kappa shape index (κ3) is 3.86. The molecule has 0 spiro atoms. The third-order valence-corrected chi connectivity index (χ3v) is 6.58. The van der Waals surface area contributed by atoms with E-state index in [0.717, 1.165) is 33.5 Å². The van der Waals surface area contributed by atoms with Crippen LogP contribution in [0.2, 0.25) is 0 Å². The Morgan fingerprint density at radius 3 is 2.43 bits per heavy atom. The quantitative estimate of drug-likeness (QED) is 0.632. The summed E-state index contributed by atoms with van der Waals surface area (Å²) in [6.07, 6.45) is 0.576. The molecule has 0 saturated heterocycles. The van der Waals surface area contributed by atoms with Crippen molar-refractivity contribution in [3.05, 3.63) is 52.7 Å². The number of sulfonamides is 1. The number of hydrogen-bond acceptors (Lipinski definition) is 4. The molecule has 0 radical (unpaired) electrons. The van der Waals surface area contributed by atoms with E-state index < -0.39 is 10.0 Å². The first-order valence-corrected chi connectivity index (χ1v) is 10.5. The van der Waals surface area contributed by atoms with Crippen LogP contribution in [0.4, 0.5) is 0 Å². The summed E-state index contributed by atoms with van der Waals surface area (Å²) in [6.45, 7) is 5.90. The highest BCUT2D eigenvalue weighted by Crippen LogP contribution is 2.27. The molecular formula is C21H26N2O4S. The van der Waals surface area contributed by atoms with Gasteiger partial charge in [0.15, 0.2) is 0 Å². The number of benzene rings is 2. The molecule has 0 aliphatic rings. The van der Waals surface area contributed by atoms with Crippen LogP contribution in [0.5, 0.6) is 11.5 Å². The molecule has 1 aromatic heterocycles. The fraction of sp³-hybridized carbons (Fsp3) is 0.333. The largest absolute Gasteiger partial charge is 0.497 e. The molecule has 3 rings (SSSR count). The molecule has 0 aliphatic carbocycles. The van der Waals surface area contributed by atoms with Gasteiger partial charge < -0.3 is 14.5 Å². The van der Waals surface area contributed by atoms with E-state index in [1.165, 1.54) is 0 Å². The van der Waals surface area contributed by atoms with Crippen molar-refractivity contribution in [3.8, 4) is 11.5 Å². The number of H-pyrrole nitrogens is 1. The van der Waals surface area contributed by atoms with E-state index in [-0.39, 0.29) is 4.90 Å². The van der Waals surface area contributed by atoms with Crippen LogP contribution < -0.4 is 14.2 Å². The maximum absolute atomic E-state index is 12.8. The second kappa shape index (κ2) is 7.85. The molecule has 7 heteroatoms. The number of nitrogens with one attached hydrogen (secondary N) is 2. The van der Waals surface area contributed by atoms with Gasteiger partial charge in [0.2, 0.25) is 10.0 Å². The summed E-state index contributed by atoms with van der Waals surface area (Å²) >= 11 is 0. The Morgan fingerprint density at radius 2 is 1.75 bits per heavy atom. The molecule has 0 bridgehead atoms. The molecule has 28 heavy (non-hydrogen) atoms. The Balaban J connectivity index is 1.80. The van der Waals surface area contributed by atoms with Gasteiger partial charge in [0.1, 0.15) is 11.5 Å².